The first-order valence-electron chi connectivity index (χ1n) is 4.51. The van der Waals surface area contributed by atoms with Crippen molar-refractivity contribution < 1.29 is 0 Å². The molecule has 1 saturated heterocycles. The lowest BCUT2D eigenvalue weighted by Crippen LogP contribution is -2.17. The van der Waals surface area contributed by atoms with Gasteiger partial charge in [-0.3, -0.25) is 0 Å². The maximum Gasteiger partial charge on any atom is 0.0934 e. The van der Waals surface area contributed by atoms with Crippen molar-refractivity contribution in [2.45, 2.75) is 18.9 Å². The molecule has 0 bridgehead atoms. The lowest BCUT2D eigenvalue weighted by Gasteiger charge is -2.00. The summed E-state index contributed by atoms with van der Waals surface area (Å²) in [6.07, 6.45) is 6.94. The second-order valence-electron chi connectivity index (χ2n) is 3.20. The van der Waals surface area contributed by atoms with E-state index in [0.717, 1.165) is 10.9 Å². The third kappa shape index (κ3) is 2.56. The standard InChI is InChI=1S/C10H12ClNS/c11-10-6-5-9(13-10)4-3-8-2-1-7-12-8/h3-6,8,12H,1-2,7H2/b4-3+. The number of nitrogens with one attached hydrogen (secondary N) is 1. The second-order valence-corrected chi connectivity index (χ2v) is 4.95. The molecule has 1 aliphatic rings. The summed E-state index contributed by atoms with van der Waals surface area (Å²) in [5, 5.41) is 3.42. The minimum absolute atomic E-state index is 0.570. The van der Waals surface area contributed by atoms with Crippen molar-refractivity contribution in [2.24, 2.45) is 0 Å². The van der Waals surface area contributed by atoms with Crippen molar-refractivity contribution in [2.75, 3.05) is 6.54 Å². The van der Waals surface area contributed by atoms with Gasteiger partial charge in [0.25, 0.3) is 0 Å². The monoisotopic (exact) mass is 213 g/mol. The van der Waals surface area contributed by atoms with Crippen LogP contribution in [0.2, 0.25) is 4.34 Å². The zero-order valence-corrected chi connectivity index (χ0v) is 8.87. The van der Waals surface area contributed by atoms with E-state index in [-0.39, 0.29) is 0 Å². The molecule has 1 N–H and O–H groups in total. The molecule has 1 aromatic heterocycles. The largest absolute Gasteiger partial charge is 0.311 e. The van der Waals surface area contributed by atoms with Crippen LogP contribution in [0.1, 0.15) is 17.7 Å². The van der Waals surface area contributed by atoms with Gasteiger partial charge in [-0.15, -0.1) is 11.3 Å². The summed E-state index contributed by atoms with van der Waals surface area (Å²) in [5.74, 6) is 0. The molecule has 1 nitrogen and oxygen atoms in total. The number of thiophene rings is 1. The van der Waals surface area contributed by atoms with Gasteiger partial charge in [-0.05, 0) is 37.6 Å². The van der Waals surface area contributed by atoms with Crippen LogP contribution in [0.4, 0.5) is 0 Å². The first-order chi connectivity index (χ1) is 6.34. The van der Waals surface area contributed by atoms with Crippen LogP contribution >= 0.6 is 22.9 Å². The molecule has 2 heterocycles. The first-order valence-corrected chi connectivity index (χ1v) is 5.71. The van der Waals surface area contributed by atoms with Gasteiger partial charge in [-0.1, -0.05) is 17.7 Å². The summed E-state index contributed by atoms with van der Waals surface area (Å²) in [4.78, 5) is 1.23. The lowest BCUT2D eigenvalue weighted by atomic mass is 10.2. The van der Waals surface area contributed by atoms with E-state index >= 15 is 0 Å². The van der Waals surface area contributed by atoms with Gasteiger partial charge in [0.15, 0.2) is 0 Å². The Morgan fingerprint density at radius 2 is 2.46 bits per heavy atom. The predicted octanol–water partition coefficient (Wildman–Crippen LogP) is 3.17. The Balaban J connectivity index is 1.96. The fourth-order valence-corrected chi connectivity index (χ4v) is 2.48. The maximum atomic E-state index is 5.82. The normalized spacial score (nSPS) is 23.0. The summed E-state index contributed by atoms with van der Waals surface area (Å²) in [5.41, 5.74) is 0. The molecule has 1 unspecified atom stereocenters. The third-order valence-electron chi connectivity index (χ3n) is 2.19. The Morgan fingerprint density at radius 3 is 3.08 bits per heavy atom. The van der Waals surface area contributed by atoms with E-state index in [4.69, 9.17) is 11.6 Å². The molecule has 0 saturated carbocycles. The van der Waals surface area contributed by atoms with Crippen molar-refractivity contribution in [1.29, 1.82) is 0 Å². The Kier molecular flexibility index (Phi) is 3.04. The van der Waals surface area contributed by atoms with Gasteiger partial charge in [-0.25, -0.2) is 0 Å². The van der Waals surface area contributed by atoms with Crippen molar-refractivity contribution in [1.82, 2.24) is 5.32 Å². The molecule has 0 amide bonds. The second kappa shape index (κ2) is 4.27. The molecule has 3 heteroatoms. The molecular formula is C10H12ClNS. The number of rotatable bonds is 2. The quantitative estimate of drug-likeness (QED) is 0.796. The van der Waals surface area contributed by atoms with E-state index in [1.165, 1.54) is 17.7 Å². The van der Waals surface area contributed by atoms with Crippen LogP contribution in [0, 0.1) is 0 Å². The molecule has 1 aromatic rings. The van der Waals surface area contributed by atoms with E-state index in [9.17, 15) is 0 Å². The predicted molar refractivity (Wildman–Crippen MR) is 59.4 cm³/mol. The molecule has 0 aliphatic carbocycles. The average Bonchev–Trinajstić information content (AvgIpc) is 2.71. The zero-order valence-electron chi connectivity index (χ0n) is 7.29. The molecular weight excluding hydrogens is 202 g/mol. The Bertz CT molecular complexity index is 300. The third-order valence-corrected chi connectivity index (χ3v) is 3.38. The Hall–Kier alpha value is -0.310. The van der Waals surface area contributed by atoms with Crippen LogP contribution in [-0.4, -0.2) is 12.6 Å². The van der Waals surface area contributed by atoms with Crippen LogP contribution < -0.4 is 5.32 Å². The molecule has 70 valence electrons. The van der Waals surface area contributed by atoms with E-state index in [0.29, 0.717) is 6.04 Å². The van der Waals surface area contributed by atoms with E-state index < -0.39 is 0 Å². The van der Waals surface area contributed by atoms with Gasteiger partial charge in [0.05, 0.1) is 4.34 Å². The first kappa shape index (κ1) is 9.25. The van der Waals surface area contributed by atoms with E-state index in [1.54, 1.807) is 11.3 Å². The van der Waals surface area contributed by atoms with Crippen LogP contribution in [0.5, 0.6) is 0 Å². The summed E-state index contributed by atoms with van der Waals surface area (Å²) in [7, 11) is 0. The molecule has 1 atom stereocenters. The van der Waals surface area contributed by atoms with Crippen LogP contribution in [0.3, 0.4) is 0 Å². The van der Waals surface area contributed by atoms with Crippen LogP contribution in [-0.2, 0) is 0 Å². The van der Waals surface area contributed by atoms with Crippen molar-refractivity contribution in [3.63, 3.8) is 0 Å². The van der Waals surface area contributed by atoms with Gasteiger partial charge in [0.2, 0.25) is 0 Å². The number of hydrogen-bond acceptors (Lipinski definition) is 2. The minimum atomic E-state index is 0.570. The van der Waals surface area contributed by atoms with Crippen molar-refractivity contribution in [3.8, 4) is 0 Å². The fourth-order valence-electron chi connectivity index (χ4n) is 1.50. The highest BCUT2D eigenvalue weighted by Gasteiger charge is 2.09. The number of halogens is 1. The van der Waals surface area contributed by atoms with E-state index in [1.807, 2.05) is 6.07 Å². The summed E-state index contributed by atoms with van der Waals surface area (Å²) in [6.45, 7) is 1.15. The average molecular weight is 214 g/mol. The van der Waals surface area contributed by atoms with Gasteiger partial charge >= 0.3 is 0 Å². The van der Waals surface area contributed by atoms with Crippen molar-refractivity contribution in [3.05, 3.63) is 27.4 Å². The van der Waals surface area contributed by atoms with Gasteiger partial charge in [0.1, 0.15) is 0 Å². The molecule has 0 aromatic carbocycles. The van der Waals surface area contributed by atoms with Gasteiger partial charge in [0, 0.05) is 10.9 Å². The minimum Gasteiger partial charge on any atom is -0.311 e. The highest BCUT2D eigenvalue weighted by Crippen LogP contribution is 2.22. The highest BCUT2D eigenvalue weighted by molar-refractivity contribution is 7.16. The molecule has 0 radical (unpaired) electrons. The summed E-state index contributed by atoms with van der Waals surface area (Å²) in [6, 6.07) is 4.56. The zero-order chi connectivity index (χ0) is 9.10. The maximum absolute atomic E-state index is 5.82. The summed E-state index contributed by atoms with van der Waals surface area (Å²) < 4.78 is 0.860. The topological polar surface area (TPSA) is 12.0 Å². The highest BCUT2D eigenvalue weighted by atomic mass is 35.5. The van der Waals surface area contributed by atoms with Crippen LogP contribution in [0.15, 0.2) is 18.2 Å². The van der Waals surface area contributed by atoms with Crippen LogP contribution in [0.25, 0.3) is 6.08 Å². The smallest absolute Gasteiger partial charge is 0.0934 e. The lowest BCUT2D eigenvalue weighted by molar-refractivity contribution is 0.730. The fraction of sp³-hybridized carbons (Fsp3) is 0.400. The van der Waals surface area contributed by atoms with E-state index in [2.05, 4.69) is 23.5 Å². The molecule has 13 heavy (non-hydrogen) atoms. The van der Waals surface area contributed by atoms with Gasteiger partial charge < -0.3 is 5.32 Å². The van der Waals surface area contributed by atoms with Crippen molar-refractivity contribution >= 4 is 29.0 Å². The Labute approximate surface area is 87.4 Å². The molecule has 1 aliphatic heterocycles. The SMILES string of the molecule is Clc1ccc(/C=C/C2CCCN2)s1. The van der Waals surface area contributed by atoms with Gasteiger partial charge in [-0.2, -0.15) is 0 Å². The molecule has 1 fully saturated rings. The number of hydrogen-bond donors (Lipinski definition) is 1. The molecule has 2 rings (SSSR count). The summed E-state index contributed by atoms with van der Waals surface area (Å²) >= 11 is 7.45. The molecule has 0 spiro atoms. The Morgan fingerprint density at radius 1 is 1.54 bits per heavy atom.